The van der Waals surface area contributed by atoms with E-state index in [2.05, 4.69) is 28.9 Å². The zero-order valence-corrected chi connectivity index (χ0v) is 16.6. The van der Waals surface area contributed by atoms with Crippen molar-refractivity contribution in [3.63, 3.8) is 0 Å². The first kappa shape index (κ1) is 18.9. The Bertz CT molecular complexity index is 727. The van der Waals surface area contributed by atoms with Crippen LogP contribution in [0.15, 0.2) is 29.6 Å². The Morgan fingerprint density at radius 2 is 2.12 bits per heavy atom. The van der Waals surface area contributed by atoms with Gasteiger partial charge in [0.2, 0.25) is 0 Å². The molecule has 1 saturated heterocycles. The van der Waals surface area contributed by atoms with Gasteiger partial charge in [-0.2, -0.15) is 0 Å². The number of hydrogen-bond acceptors (Lipinski definition) is 5. The lowest BCUT2D eigenvalue weighted by Crippen LogP contribution is -2.41. The minimum atomic E-state index is 0.0475. The van der Waals surface area contributed by atoms with Gasteiger partial charge in [-0.25, -0.2) is 4.98 Å². The summed E-state index contributed by atoms with van der Waals surface area (Å²) in [7, 11) is 4.01. The normalized spacial score (nSPS) is 17.5. The van der Waals surface area contributed by atoms with Crippen molar-refractivity contribution in [3.05, 3.63) is 45.9 Å². The Morgan fingerprint density at radius 1 is 1.35 bits per heavy atom. The second kappa shape index (κ2) is 8.64. The van der Waals surface area contributed by atoms with E-state index in [1.165, 1.54) is 5.56 Å². The van der Waals surface area contributed by atoms with E-state index in [1.54, 1.807) is 11.3 Å². The Balaban J connectivity index is 1.54. The van der Waals surface area contributed by atoms with Crippen LogP contribution in [0, 0.1) is 12.8 Å². The molecule has 1 fully saturated rings. The van der Waals surface area contributed by atoms with Gasteiger partial charge in [-0.3, -0.25) is 4.79 Å². The molecule has 1 aromatic heterocycles. The molecule has 2 heterocycles. The van der Waals surface area contributed by atoms with Gasteiger partial charge in [0.05, 0.1) is 6.61 Å². The van der Waals surface area contributed by atoms with Gasteiger partial charge in [-0.05, 0) is 46.0 Å². The molecule has 0 unspecified atom stereocenters. The van der Waals surface area contributed by atoms with Gasteiger partial charge in [-0.1, -0.05) is 17.7 Å². The van der Waals surface area contributed by atoms with Crippen molar-refractivity contribution in [2.75, 3.05) is 33.8 Å². The maximum absolute atomic E-state index is 12.8. The molecular formula is C20H27N3O2S. The summed E-state index contributed by atoms with van der Waals surface area (Å²) in [5, 5.41) is 2.86. The van der Waals surface area contributed by atoms with E-state index in [0.29, 0.717) is 18.2 Å². The van der Waals surface area contributed by atoms with Crippen molar-refractivity contribution in [2.24, 2.45) is 5.92 Å². The lowest BCUT2D eigenvalue weighted by Gasteiger charge is -2.32. The van der Waals surface area contributed by atoms with Crippen LogP contribution in [0.3, 0.4) is 0 Å². The number of benzene rings is 1. The number of likely N-dealkylation sites (tertiary alicyclic amines) is 1. The Hall–Kier alpha value is -1.92. The second-order valence-electron chi connectivity index (χ2n) is 7.25. The summed E-state index contributed by atoms with van der Waals surface area (Å²) in [5.74, 6) is 1.31. The Morgan fingerprint density at radius 3 is 2.85 bits per heavy atom. The summed E-state index contributed by atoms with van der Waals surface area (Å²) in [4.78, 5) is 21.3. The largest absolute Gasteiger partial charge is 0.493 e. The molecule has 0 spiro atoms. The second-order valence-corrected chi connectivity index (χ2v) is 8.19. The molecule has 1 atom stereocenters. The molecule has 0 radical (unpaired) electrons. The van der Waals surface area contributed by atoms with Crippen LogP contribution >= 0.6 is 11.3 Å². The van der Waals surface area contributed by atoms with Crippen LogP contribution in [-0.4, -0.2) is 54.5 Å². The third-order valence-electron chi connectivity index (χ3n) is 4.54. The van der Waals surface area contributed by atoms with Gasteiger partial charge in [0.25, 0.3) is 5.91 Å². The van der Waals surface area contributed by atoms with Crippen LogP contribution in [0.25, 0.3) is 0 Å². The summed E-state index contributed by atoms with van der Waals surface area (Å²) in [6.45, 7) is 5.03. The summed E-state index contributed by atoms with van der Waals surface area (Å²) in [6, 6.07) is 8.12. The molecule has 1 amide bonds. The number of carbonyl (C=O) groups is 1. The van der Waals surface area contributed by atoms with Gasteiger partial charge >= 0.3 is 0 Å². The molecule has 140 valence electrons. The van der Waals surface area contributed by atoms with E-state index in [0.717, 1.165) is 43.2 Å². The zero-order chi connectivity index (χ0) is 18.5. The van der Waals surface area contributed by atoms with Crippen LogP contribution < -0.4 is 4.74 Å². The summed E-state index contributed by atoms with van der Waals surface area (Å²) in [5.41, 5.74) is 1.80. The van der Waals surface area contributed by atoms with E-state index in [-0.39, 0.29) is 5.91 Å². The highest BCUT2D eigenvalue weighted by Gasteiger charge is 2.26. The van der Waals surface area contributed by atoms with Crippen molar-refractivity contribution >= 4 is 17.2 Å². The maximum Gasteiger partial charge on any atom is 0.273 e. The predicted octanol–water partition coefficient (Wildman–Crippen LogP) is 3.44. The molecule has 1 aromatic carbocycles. The standard InChI is InChI=1S/C20H27N3O2S/c1-15-6-8-17(9-7-15)25-13-16-5-4-10-23(11-16)20(24)18-14-26-19(21-18)12-22(2)3/h6-9,14,16H,4-5,10-13H2,1-3H3/t16-/m1/s1. The molecule has 0 N–H and O–H groups in total. The smallest absolute Gasteiger partial charge is 0.273 e. The molecule has 6 heteroatoms. The van der Waals surface area contributed by atoms with E-state index in [1.807, 2.05) is 36.5 Å². The number of rotatable bonds is 6. The summed E-state index contributed by atoms with van der Waals surface area (Å²) >= 11 is 1.55. The lowest BCUT2D eigenvalue weighted by molar-refractivity contribution is 0.0628. The van der Waals surface area contributed by atoms with Crippen molar-refractivity contribution < 1.29 is 9.53 Å². The minimum absolute atomic E-state index is 0.0475. The third kappa shape index (κ3) is 5.05. The third-order valence-corrected chi connectivity index (χ3v) is 5.37. The Kier molecular flexibility index (Phi) is 6.27. The first-order valence-corrected chi connectivity index (χ1v) is 9.97. The van der Waals surface area contributed by atoms with Crippen molar-refractivity contribution in [3.8, 4) is 5.75 Å². The van der Waals surface area contributed by atoms with Crippen LogP contribution in [0.2, 0.25) is 0 Å². The number of ether oxygens (including phenoxy) is 1. The first-order chi connectivity index (χ1) is 12.5. The quantitative estimate of drug-likeness (QED) is 0.778. The fourth-order valence-corrected chi connectivity index (χ4v) is 4.03. The highest BCUT2D eigenvalue weighted by atomic mass is 32.1. The van der Waals surface area contributed by atoms with Crippen LogP contribution in [0.4, 0.5) is 0 Å². The van der Waals surface area contributed by atoms with Gasteiger partial charge < -0.3 is 14.5 Å². The molecule has 3 rings (SSSR count). The number of aryl methyl sites for hydroxylation is 1. The van der Waals surface area contributed by atoms with Crippen LogP contribution in [0.5, 0.6) is 5.75 Å². The van der Waals surface area contributed by atoms with E-state index in [4.69, 9.17) is 4.74 Å². The van der Waals surface area contributed by atoms with E-state index >= 15 is 0 Å². The molecule has 0 bridgehead atoms. The maximum atomic E-state index is 12.8. The van der Waals surface area contributed by atoms with Crippen molar-refractivity contribution in [2.45, 2.75) is 26.3 Å². The van der Waals surface area contributed by atoms with E-state index in [9.17, 15) is 4.79 Å². The van der Waals surface area contributed by atoms with Gasteiger partial charge in [0.15, 0.2) is 0 Å². The molecule has 0 aliphatic carbocycles. The topological polar surface area (TPSA) is 45.7 Å². The average Bonchev–Trinajstić information content (AvgIpc) is 3.08. The molecule has 2 aromatic rings. The van der Waals surface area contributed by atoms with Crippen molar-refractivity contribution in [1.82, 2.24) is 14.8 Å². The molecule has 1 aliphatic rings. The number of piperidine rings is 1. The number of hydrogen-bond donors (Lipinski definition) is 0. The Labute approximate surface area is 159 Å². The number of aromatic nitrogens is 1. The molecular weight excluding hydrogens is 346 g/mol. The van der Waals surface area contributed by atoms with Crippen LogP contribution in [-0.2, 0) is 6.54 Å². The highest BCUT2D eigenvalue weighted by Crippen LogP contribution is 2.21. The lowest BCUT2D eigenvalue weighted by atomic mass is 9.98. The molecule has 1 aliphatic heterocycles. The summed E-state index contributed by atoms with van der Waals surface area (Å²) in [6.07, 6.45) is 2.11. The highest BCUT2D eigenvalue weighted by molar-refractivity contribution is 7.09. The molecule has 26 heavy (non-hydrogen) atoms. The average molecular weight is 374 g/mol. The summed E-state index contributed by atoms with van der Waals surface area (Å²) < 4.78 is 5.93. The number of nitrogens with zero attached hydrogens (tertiary/aromatic N) is 3. The fourth-order valence-electron chi connectivity index (χ4n) is 3.15. The van der Waals surface area contributed by atoms with E-state index < -0.39 is 0 Å². The SMILES string of the molecule is Cc1ccc(OC[C@@H]2CCCN(C(=O)c3csc(CN(C)C)n3)C2)cc1. The van der Waals surface area contributed by atoms with Crippen molar-refractivity contribution in [1.29, 1.82) is 0 Å². The zero-order valence-electron chi connectivity index (χ0n) is 15.8. The first-order valence-electron chi connectivity index (χ1n) is 9.09. The number of amides is 1. The number of carbonyl (C=O) groups excluding carboxylic acids is 1. The molecule has 5 nitrogen and oxygen atoms in total. The monoisotopic (exact) mass is 373 g/mol. The van der Waals surface area contributed by atoms with Gasteiger partial charge in [0, 0.05) is 30.9 Å². The van der Waals surface area contributed by atoms with Crippen LogP contribution in [0.1, 0.15) is 33.9 Å². The number of thiazole rings is 1. The van der Waals surface area contributed by atoms with Gasteiger partial charge in [-0.15, -0.1) is 11.3 Å². The molecule has 0 saturated carbocycles. The predicted molar refractivity (Wildman–Crippen MR) is 105 cm³/mol. The minimum Gasteiger partial charge on any atom is -0.493 e. The van der Waals surface area contributed by atoms with Gasteiger partial charge in [0.1, 0.15) is 16.5 Å². The fraction of sp³-hybridized carbons (Fsp3) is 0.500.